The smallest absolute Gasteiger partial charge is 0.339 e. The van der Waals surface area contributed by atoms with E-state index in [4.69, 9.17) is 9.47 Å². The molecule has 0 saturated carbocycles. The number of carbonyl (C=O) groups is 1. The summed E-state index contributed by atoms with van der Waals surface area (Å²) in [5.74, 6) is -0.607. The third kappa shape index (κ3) is 4.80. The second kappa shape index (κ2) is 8.78. The Labute approximate surface area is 153 Å². The lowest BCUT2D eigenvalue weighted by molar-refractivity contribution is 0.0671. The van der Waals surface area contributed by atoms with E-state index in [0.29, 0.717) is 12.3 Å². The SMILES string of the molecule is COc1ccc(CN(Cc2ccncc2)C[C@H]2CCCO2)cc1C(=O)O. The predicted octanol–water partition coefficient (Wildman–Crippen LogP) is 2.97. The number of aromatic carboxylic acids is 1. The molecule has 1 aliphatic heterocycles. The lowest BCUT2D eigenvalue weighted by Gasteiger charge is -2.25. The van der Waals surface area contributed by atoms with Gasteiger partial charge in [0.25, 0.3) is 0 Å². The highest BCUT2D eigenvalue weighted by Gasteiger charge is 2.20. The van der Waals surface area contributed by atoms with E-state index in [0.717, 1.165) is 38.1 Å². The Morgan fingerprint density at radius 1 is 1.27 bits per heavy atom. The van der Waals surface area contributed by atoms with Crippen molar-refractivity contribution in [3.63, 3.8) is 0 Å². The number of aromatic nitrogens is 1. The number of carboxylic acids is 1. The molecule has 6 heteroatoms. The van der Waals surface area contributed by atoms with Gasteiger partial charge in [-0.15, -0.1) is 0 Å². The fraction of sp³-hybridized carbons (Fsp3) is 0.400. The van der Waals surface area contributed by atoms with Gasteiger partial charge in [0.1, 0.15) is 11.3 Å². The molecule has 1 aromatic carbocycles. The zero-order valence-corrected chi connectivity index (χ0v) is 14.9. The summed E-state index contributed by atoms with van der Waals surface area (Å²) in [5, 5.41) is 9.40. The van der Waals surface area contributed by atoms with Crippen LogP contribution in [0.15, 0.2) is 42.7 Å². The maximum Gasteiger partial charge on any atom is 0.339 e. The van der Waals surface area contributed by atoms with Gasteiger partial charge >= 0.3 is 5.97 Å². The molecule has 0 aliphatic carbocycles. The largest absolute Gasteiger partial charge is 0.496 e. The number of benzene rings is 1. The molecule has 0 bridgehead atoms. The number of methoxy groups -OCH3 is 1. The van der Waals surface area contributed by atoms with Crippen molar-refractivity contribution in [3.05, 3.63) is 59.4 Å². The Morgan fingerprint density at radius 2 is 2.04 bits per heavy atom. The predicted molar refractivity (Wildman–Crippen MR) is 97.3 cm³/mol. The third-order valence-corrected chi connectivity index (χ3v) is 4.54. The molecule has 0 unspecified atom stereocenters. The summed E-state index contributed by atoms with van der Waals surface area (Å²) in [6.07, 6.45) is 5.97. The van der Waals surface area contributed by atoms with Gasteiger partial charge in [-0.2, -0.15) is 0 Å². The van der Waals surface area contributed by atoms with Gasteiger partial charge in [0.05, 0.1) is 13.2 Å². The maximum absolute atomic E-state index is 11.5. The van der Waals surface area contributed by atoms with E-state index in [1.807, 2.05) is 18.2 Å². The number of hydrogen-bond donors (Lipinski definition) is 1. The summed E-state index contributed by atoms with van der Waals surface area (Å²) in [6, 6.07) is 9.32. The molecule has 1 aliphatic rings. The molecule has 3 rings (SSSR count). The van der Waals surface area contributed by atoms with Crippen molar-refractivity contribution in [1.82, 2.24) is 9.88 Å². The normalized spacial score (nSPS) is 16.8. The maximum atomic E-state index is 11.5. The van der Waals surface area contributed by atoms with Gasteiger partial charge in [-0.05, 0) is 48.2 Å². The minimum Gasteiger partial charge on any atom is -0.496 e. The Balaban J connectivity index is 1.77. The minimum atomic E-state index is -0.983. The molecular weight excluding hydrogens is 332 g/mol. The van der Waals surface area contributed by atoms with Crippen LogP contribution in [0.5, 0.6) is 5.75 Å². The van der Waals surface area contributed by atoms with Crippen LogP contribution in [0.4, 0.5) is 0 Å². The fourth-order valence-corrected chi connectivity index (χ4v) is 3.29. The summed E-state index contributed by atoms with van der Waals surface area (Å²) < 4.78 is 10.9. The van der Waals surface area contributed by atoms with E-state index in [9.17, 15) is 9.90 Å². The van der Waals surface area contributed by atoms with Crippen molar-refractivity contribution in [2.45, 2.75) is 32.0 Å². The van der Waals surface area contributed by atoms with Crippen LogP contribution >= 0.6 is 0 Å². The number of hydrogen-bond acceptors (Lipinski definition) is 5. The first-order chi connectivity index (χ1) is 12.7. The summed E-state index contributed by atoms with van der Waals surface area (Å²) >= 11 is 0. The Morgan fingerprint density at radius 3 is 2.69 bits per heavy atom. The van der Waals surface area contributed by atoms with Gasteiger partial charge < -0.3 is 14.6 Å². The van der Waals surface area contributed by atoms with Gasteiger partial charge in [0.15, 0.2) is 0 Å². The lowest BCUT2D eigenvalue weighted by Crippen LogP contribution is -2.31. The molecule has 0 amide bonds. The first kappa shape index (κ1) is 18.4. The van der Waals surface area contributed by atoms with Crippen molar-refractivity contribution >= 4 is 5.97 Å². The second-order valence-corrected chi connectivity index (χ2v) is 6.50. The average molecular weight is 356 g/mol. The van der Waals surface area contributed by atoms with E-state index >= 15 is 0 Å². The van der Waals surface area contributed by atoms with Gasteiger partial charge in [-0.1, -0.05) is 6.07 Å². The van der Waals surface area contributed by atoms with Crippen molar-refractivity contribution in [2.75, 3.05) is 20.3 Å². The molecule has 2 aromatic rings. The highest BCUT2D eigenvalue weighted by Crippen LogP contribution is 2.22. The van der Waals surface area contributed by atoms with E-state index in [2.05, 4.69) is 9.88 Å². The molecule has 138 valence electrons. The van der Waals surface area contributed by atoms with Crippen LogP contribution in [0.1, 0.15) is 34.3 Å². The molecule has 6 nitrogen and oxygen atoms in total. The van der Waals surface area contributed by atoms with E-state index in [-0.39, 0.29) is 11.7 Å². The van der Waals surface area contributed by atoms with Crippen molar-refractivity contribution < 1.29 is 19.4 Å². The standard InChI is InChI=1S/C20H24N2O4/c1-25-19-5-4-16(11-18(19)20(23)24)13-22(14-17-3-2-10-26-17)12-15-6-8-21-9-7-15/h4-9,11,17H,2-3,10,12-14H2,1H3,(H,23,24)/t17-/m1/s1. The number of pyridine rings is 1. The van der Waals surface area contributed by atoms with Crippen molar-refractivity contribution in [3.8, 4) is 5.75 Å². The lowest BCUT2D eigenvalue weighted by atomic mass is 10.1. The molecule has 1 N–H and O–H groups in total. The number of ether oxygens (including phenoxy) is 2. The van der Waals surface area contributed by atoms with E-state index < -0.39 is 5.97 Å². The minimum absolute atomic E-state index is 0.186. The fourth-order valence-electron chi connectivity index (χ4n) is 3.29. The zero-order valence-electron chi connectivity index (χ0n) is 14.9. The molecule has 1 aromatic heterocycles. The Bertz CT molecular complexity index is 730. The van der Waals surface area contributed by atoms with E-state index in [1.165, 1.54) is 12.7 Å². The monoisotopic (exact) mass is 356 g/mol. The van der Waals surface area contributed by atoms with Gasteiger partial charge in [-0.25, -0.2) is 4.79 Å². The molecule has 0 radical (unpaired) electrons. The highest BCUT2D eigenvalue weighted by atomic mass is 16.5. The van der Waals surface area contributed by atoms with Crippen LogP contribution in [-0.2, 0) is 17.8 Å². The zero-order chi connectivity index (χ0) is 18.4. The van der Waals surface area contributed by atoms with E-state index in [1.54, 1.807) is 24.5 Å². The summed E-state index contributed by atoms with van der Waals surface area (Å²) in [4.78, 5) is 17.8. The van der Waals surface area contributed by atoms with Crippen LogP contribution in [0.2, 0.25) is 0 Å². The Hall–Kier alpha value is -2.44. The van der Waals surface area contributed by atoms with Crippen LogP contribution in [0.3, 0.4) is 0 Å². The highest BCUT2D eigenvalue weighted by molar-refractivity contribution is 5.91. The van der Waals surface area contributed by atoms with Gasteiger partial charge in [0, 0.05) is 38.6 Å². The Kier molecular flexibility index (Phi) is 6.20. The van der Waals surface area contributed by atoms with Crippen LogP contribution in [0.25, 0.3) is 0 Å². The third-order valence-electron chi connectivity index (χ3n) is 4.54. The summed E-state index contributed by atoms with van der Waals surface area (Å²) in [6.45, 7) is 3.04. The average Bonchev–Trinajstić information content (AvgIpc) is 3.15. The van der Waals surface area contributed by atoms with Gasteiger partial charge in [-0.3, -0.25) is 9.88 Å². The first-order valence-corrected chi connectivity index (χ1v) is 8.79. The number of nitrogens with zero attached hydrogens (tertiary/aromatic N) is 2. The summed E-state index contributed by atoms with van der Waals surface area (Å²) in [7, 11) is 1.48. The molecule has 1 saturated heterocycles. The van der Waals surface area contributed by atoms with Gasteiger partial charge in [0.2, 0.25) is 0 Å². The molecular formula is C20H24N2O4. The topological polar surface area (TPSA) is 71.9 Å². The quantitative estimate of drug-likeness (QED) is 0.784. The second-order valence-electron chi connectivity index (χ2n) is 6.50. The molecule has 1 atom stereocenters. The van der Waals surface area contributed by atoms with Crippen LogP contribution in [0, 0.1) is 0 Å². The van der Waals surface area contributed by atoms with Crippen LogP contribution < -0.4 is 4.74 Å². The molecule has 26 heavy (non-hydrogen) atoms. The molecule has 2 heterocycles. The number of rotatable bonds is 8. The van der Waals surface area contributed by atoms with Crippen LogP contribution in [-0.4, -0.2) is 47.3 Å². The first-order valence-electron chi connectivity index (χ1n) is 8.79. The number of carboxylic acid groups (broad SMARTS) is 1. The van der Waals surface area contributed by atoms with Crippen molar-refractivity contribution in [1.29, 1.82) is 0 Å². The molecule has 1 fully saturated rings. The molecule has 0 spiro atoms. The summed E-state index contributed by atoms with van der Waals surface area (Å²) in [5.41, 5.74) is 2.30. The van der Waals surface area contributed by atoms with Crippen molar-refractivity contribution in [2.24, 2.45) is 0 Å².